The zero-order valence-corrected chi connectivity index (χ0v) is 10.9. The number of hydrogen-bond acceptors (Lipinski definition) is 5. The normalized spacial score (nSPS) is 46.8. The Morgan fingerprint density at radius 3 is 2.35 bits per heavy atom. The first-order chi connectivity index (χ1) is 9.67. The minimum Gasteiger partial charge on any atom is -0.311 e. The minimum atomic E-state index is -1.28. The zero-order valence-electron chi connectivity index (χ0n) is 10.9. The Hall–Kier alpha value is -1.89. The molecule has 2 bridgehead atoms. The molecule has 2 fully saturated rings. The van der Waals surface area contributed by atoms with E-state index in [1.165, 1.54) is 0 Å². The first-order valence-corrected chi connectivity index (χ1v) is 6.87. The van der Waals surface area contributed by atoms with Gasteiger partial charge in [-0.25, -0.2) is 4.99 Å². The number of nitrogens with two attached hydrogens (primary N) is 1. The highest BCUT2D eigenvalue weighted by Crippen LogP contribution is 2.65. The molecule has 3 N–H and O–H groups in total. The molecule has 102 valence electrons. The molecule has 3 aliphatic carbocycles. The fourth-order valence-electron chi connectivity index (χ4n) is 4.60. The summed E-state index contributed by atoms with van der Waals surface area (Å²) in [5.74, 6) is -1.14. The van der Waals surface area contributed by atoms with Crippen LogP contribution in [0.25, 0.3) is 0 Å². The van der Waals surface area contributed by atoms with Crippen molar-refractivity contribution in [1.82, 2.24) is 0 Å². The molecule has 1 spiro atoms. The maximum absolute atomic E-state index is 10.0. The maximum atomic E-state index is 10.0. The molecule has 0 aromatic carbocycles. The number of ether oxygens (including phenoxy) is 2. The van der Waals surface area contributed by atoms with Crippen molar-refractivity contribution in [3.05, 3.63) is 12.2 Å². The largest absolute Gasteiger partial charge is 0.343 e. The summed E-state index contributed by atoms with van der Waals surface area (Å²) in [5.41, 5.74) is 3.98. The van der Waals surface area contributed by atoms with Crippen molar-refractivity contribution in [3.8, 4) is 12.1 Å². The van der Waals surface area contributed by atoms with Crippen LogP contribution < -0.4 is 10.7 Å². The van der Waals surface area contributed by atoms with Crippen molar-refractivity contribution in [2.45, 2.75) is 18.8 Å². The van der Waals surface area contributed by atoms with E-state index in [0.29, 0.717) is 19.0 Å². The molecule has 4 atom stereocenters. The summed E-state index contributed by atoms with van der Waals surface area (Å²) in [6.07, 6.45) is 5.76. The van der Waals surface area contributed by atoms with E-state index in [-0.39, 0.29) is 11.8 Å². The van der Waals surface area contributed by atoms with Crippen LogP contribution in [0.4, 0.5) is 0 Å². The van der Waals surface area contributed by atoms with Crippen LogP contribution in [0.3, 0.4) is 0 Å². The Labute approximate surface area is 116 Å². The fraction of sp³-hybridized carbons (Fsp3) is 0.643. The van der Waals surface area contributed by atoms with Crippen molar-refractivity contribution in [1.29, 1.82) is 10.5 Å². The quantitative estimate of drug-likeness (QED) is 0.536. The highest BCUT2D eigenvalue weighted by molar-refractivity contribution is 5.89. The van der Waals surface area contributed by atoms with E-state index in [1.54, 1.807) is 0 Å². The van der Waals surface area contributed by atoms with Gasteiger partial charge in [-0.15, -0.1) is 0 Å². The molecular formula is C14H15N4O2+. The number of fused-ring (bicyclic) bond motifs is 1. The predicted molar refractivity (Wildman–Crippen MR) is 66.2 cm³/mol. The van der Waals surface area contributed by atoms with Crippen LogP contribution >= 0.6 is 0 Å². The summed E-state index contributed by atoms with van der Waals surface area (Å²) in [5, 5.41) is 19.9. The van der Waals surface area contributed by atoms with Gasteiger partial charge in [0.2, 0.25) is 0 Å². The van der Waals surface area contributed by atoms with Gasteiger partial charge in [0.15, 0.2) is 10.8 Å². The molecular weight excluding hydrogens is 256 g/mol. The third kappa shape index (κ3) is 0.895. The van der Waals surface area contributed by atoms with Crippen molar-refractivity contribution in [3.63, 3.8) is 0 Å². The number of amidine groups is 1. The summed E-state index contributed by atoms with van der Waals surface area (Å²) >= 11 is 0. The topological polar surface area (TPSA) is 106 Å². The van der Waals surface area contributed by atoms with Crippen molar-refractivity contribution >= 4 is 5.84 Å². The molecule has 0 aromatic rings. The molecule has 2 aliphatic heterocycles. The highest BCUT2D eigenvalue weighted by atomic mass is 16.8. The lowest BCUT2D eigenvalue weighted by Crippen LogP contribution is -2.89. The Morgan fingerprint density at radius 1 is 1.15 bits per heavy atom. The van der Waals surface area contributed by atoms with Crippen molar-refractivity contribution in [2.24, 2.45) is 28.4 Å². The Kier molecular flexibility index (Phi) is 2.03. The molecule has 0 unspecified atom stereocenters. The third-order valence-electron chi connectivity index (χ3n) is 5.39. The van der Waals surface area contributed by atoms with Gasteiger partial charge in [0.1, 0.15) is 0 Å². The molecule has 6 nitrogen and oxygen atoms in total. The standard InChI is InChI=1S/C14H14N4O2/c15-7-12-9-1-3-10(4-2-9)13(12,8-16)14(18-11(12)17)19-5-6-20-14/h1,3,9-10H,2,4-6H2,(H2,17,18)/p+1/t9-,10+,12-,13+/m0/s1. The molecule has 1 saturated heterocycles. The predicted octanol–water partition coefficient (Wildman–Crippen LogP) is -1.25. The second kappa shape index (κ2) is 3.41. The Morgan fingerprint density at radius 2 is 1.80 bits per heavy atom. The van der Waals surface area contributed by atoms with Gasteiger partial charge in [0.05, 0.1) is 25.4 Å². The second-order valence-corrected chi connectivity index (χ2v) is 5.87. The Balaban J connectivity index is 2.05. The summed E-state index contributed by atoms with van der Waals surface area (Å²) < 4.78 is 11.5. The summed E-state index contributed by atoms with van der Waals surface area (Å²) in [4.78, 5) is 3.02. The fourth-order valence-corrected chi connectivity index (χ4v) is 4.60. The van der Waals surface area contributed by atoms with Gasteiger partial charge < -0.3 is 9.47 Å². The minimum absolute atomic E-state index is 0.0724. The SMILES string of the molecule is N#C[C@@]12[C@@H]3C=C[C@@H](CC3)[C@@]1(C#N)C(N)=[NH+]C21OCCO1. The molecule has 0 aromatic heterocycles. The van der Waals surface area contributed by atoms with Gasteiger partial charge in [0.25, 0.3) is 5.84 Å². The van der Waals surface area contributed by atoms with Gasteiger partial charge in [-0.3, -0.25) is 5.73 Å². The zero-order chi connectivity index (χ0) is 14.0. The monoisotopic (exact) mass is 271 g/mol. The molecule has 0 amide bonds. The van der Waals surface area contributed by atoms with E-state index in [0.717, 1.165) is 12.8 Å². The van der Waals surface area contributed by atoms with E-state index in [4.69, 9.17) is 15.2 Å². The van der Waals surface area contributed by atoms with Gasteiger partial charge in [-0.1, -0.05) is 12.2 Å². The molecule has 2 heterocycles. The Bertz CT molecular complexity index is 622. The van der Waals surface area contributed by atoms with Crippen LogP contribution in [-0.2, 0) is 9.47 Å². The molecule has 5 aliphatic rings. The number of nitrogens with one attached hydrogen (secondary N) is 1. The number of rotatable bonds is 0. The highest BCUT2D eigenvalue weighted by Gasteiger charge is 2.84. The number of hydrogen-bond donors (Lipinski definition) is 2. The molecule has 1 saturated carbocycles. The van der Waals surface area contributed by atoms with Crippen LogP contribution in [0.15, 0.2) is 12.2 Å². The van der Waals surface area contributed by atoms with Gasteiger partial charge >= 0.3 is 5.91 Å². The van der Waals surface area contributed by atoms with E-state index < -0.39 is 16.7 Å². The smallest absolute Gasteiger partial charge is 0.311 e. The molecule has 6 heteroatoms. The van der Waals surface area contributed by atoms with Gasteiger partial charge in [0, 0.05) is 11.8 Å². The average molecular weight is 271 g/mol. The van der Waals surface area contributed by atoms with Crippen LogP contribution in [0.1, 0.15) is 12.8 Å². The van der Waals surface area contributed by atoms with Gasteiger partial charge in [-0.2, -0.15) is 10.5 Å². The number of allylic oxidation sites excluding steroid dienone is 2. The lowest BCUT2D eigenvalue weighted by atomic mass is 9.45. The summed E-state index contributed by atoms with van der Waals surface area (Å²) in [6, 6.07) is 4.72. The van der Waals surface area contributed by atoms with Crippen molar-refractivity contribution in [2.75, 3.05) is 13.2 Å². The number of nitrogens with zero attached hydrogens (tertiary/aromatic N) is 2. The number of nitriles is 2. The third-order valence-corrected chi connectivity index (χ3v) is 5.39. The second-order valence-electron chi connectivity index (χ2n) is 5.87. The molecule has 5 rings (SSSR count). The first-order valence-electron chi connectivity index (χ1n) is 6.87. The maximum Gasteiger partial charge on any atom is 0.343 e. The van der Waals surface area contributed by atoms with E-state index in [9.17, 15) is 10.5 Å². The van der Waals surface area contributed by atoms with Gasteiger partial charge in [-0.05, 0) is 12.8 Å². The van der Waals surface area contributed by atoms with E-state index >= 15 is 0 Å². The lowest BCUT2D eigenvalue weighted by Gasteiger charge is -2.52. The van der Waals surface area contributed by atoms with E-state index in [1.807, 2.05) is 12.2 Å². The van der Waals surface area contributed by atoms with E-state index in [2.05, 4.69) is 17.1 Å². The lowest BCUT2D eigenvalue weighted by molar-refractivity contribution is -0.681. The average Bonchev–Trinajstić information content (AvgIpc) is 3.04. The first kappa shape index (κ1) is 11.9. The molecule has 20 heavy (non-hydrogen) atoms. The van der Waals surface area contributed by atoms with Crippen molar-refractivity contribution < 1.29 is 14.5 Å². The van der Waals surface area contributed by atoms with Crippen LogP contribution in [0.2, 0.25) is 0 Å². The molecule has 0 radical (unpaired) electrons. The summed E-state index contributed by atoms with van der Waals surface area (Å²) in [7, 11) is 0. The van der Waals surface area contributed by atoms with Crippen LogP contribution in [-0.4, -0.2) is 25.0 Å². The van der Waals surface area contributed by atoms with Crippen LogP contribution in [0.5, 0.6) is 0 Å². The summed E-state index contributed by atoms with van der Waals surface area (Å²) in [6.45, 7) is 0.790. The van der Waals surface area contributed by atoms with Crippen LogP contribution in [0, 0.1) is 45.3 Å².